The molecule has 1 aliphatic rings. The number of nitrogens with zero attached hydrogens (tertiary/aromatic N) is 1. The Hall–Kier alpha value is -2.28. The number of hydrogen-bond donors (Lipinski definition) is 3. The van der Waals surface area contributed by atoms with Gasteiger partial charge in [-0.05, 0) is 12.1 Å². The van der Waals surface area contributed by atoms with Gasteiger partial charge < -0.3 is 26.2 Å². The highest BCUT2D eigenvalue weighted by molar-refractivity contribution is 5.98. The normalized spacial score (nSPS) is 19.2. The Bertz CT molecular complexity index is 518. The predicted octanol–water partition coefficient (Wildman–Crippen LogP) is -0.342. The van der Waals surface area contributed by atoms with Crippen LogP contribution in [0.5, 0.6) is 0 Å². The minimum absolute atomic E-state index is 0.00668. The number of benzene rings is 1. The zero-order valence-corrected chi connectivity index (χ0v) is 10.2. The van der Waals surface area contributed by atoms with Gasteiger partial charge in [0.15, 0.2) is 0 Å². The van der Waals surface area contributed by atoms with Gasteiger partial charge in [-0.25, -0.2) is 4.79 Å². The number of carbonyl (C=O) groups is 2. The number of aromatic carboxylic acids is 1. The van der Waals surface area contributed by atoms with Crippen molar-refractivity contribution in [1.82, 2.24) is 0 Å². The standard InChI is InChI=1S/C12H15N3O4/c13-10-7(12(17)18)2-1-3-8(10)15-4-5-19-6-9(15)11(14)16/h1-3,9H,4-6,13H2,(H2,14,16)(H,17,18). The molecule has 1 aromatic carbocycles. The number of nitrogen functional groups attached to an aromatic ring is 1. The third kappa shape index (κ3) is 2.45. The van der Waals surface area contributed by atoms with Crippen molar-refractivity contribution in [1.29, 1.82) is 0 Å². The Kier molecular flexibility index (Phi) is 3.57. The van der Waals surface area contributed by atoms with E-state index in [9.17, 15) is 9.59 Å². The second-order valence-electron chi connectivity index (χ2n) is 4.23. The van der Waals surface area contributed by atoms with Crippen LogP contribution in [-0.2, 0) is 9.53 Å². The zero-order chi connectivity index (χ0) is 14.0. The highest BCUT2D eigenvalue weighted by Crippen LogP contribution is 2.29. The maximum absolute atomic E-state index is 11.4. The second kappa shape index (κ2) is 5.15. The molecular weight excluding hydrogens is 250 g/mol. The molecule has 1 aliphatic heterocycles. The Morgan fingerprint density at radius 2 is 2.16 bits per heavy atom. The van der Waals surface area contributed by atoms with Crippen LogP contribution in [0.25, 0.3) is 0 Å². The fraction of sp³-hybridized carbons (Fsp3) is 0.333. The van der Waals surface area contributed by atoms with Gasteiger partial charge in [0, 0.05) is 6.54 Å². The van der Waals surface area contributed by atoms with Crippen LogP contribution in [0.4, 0.5) is 11.4 Å². The van der Waals surface area contributed by atoms with Crippen LogP contribution in [0.3, 0.4) is 0 Å². The number of anilines is 2. The minimum Gasteiger partial charge on any atom is -0.478 e. The lowest BCUT2D eigenvalue weighted by molar-refractivity contribution is -0.121. The Morgan fingerprint density at radius 3 is 2.79 bits per heavy atom. The van der Waals surface area contributed by atoms with Crippen LogP contribution in [0.15, 0.2) is 18.2 Å². The monoisotopic (exact) mass is 265 g/mol. The van der Waals surface area contributed by atoms with Crippen molar-refractivity contribution < 1.29 is 19.4 Å². The van der Waals surface area contributed by atoms with E-state index >= 15 is 0 Å². The lowest BCUT2D eigenvalue weighted by atomic mass is 10.1. The summed E-state index contributed by atoms with van der Waals surface area (Å²) in [6, 6.07) is 4.03. The Labute approximate surface area is 109 Å². The number of carbonyl (C=O) groups excluding carboxylic acids is 1. The van der Waals surface area contributed by atoms with Crippen LogP contribution in [0.2, 0.25) is 0 Å². The summed E-state index contributed by atoms with van der Waals surface area (Å²) in [6.07, 6.45) is 0. The van der Waals surface area contributed by atoms with E-state index in [1.54, 1.807) is 17.0 Å². The molecule has 2 rings (SSSR count). The van der Waals surface area contributed by atoms with Crippen LogP contribution < -0.4 is 16.4 Å². The molecule has 0 saturated carbocycles. The van der Waals surface area contributed by atoms with Crippen LogP contribution >= 0.6 is 0 Å². The molecule has 0 aliphatic carbocycles. The summed E-state index contributed by atoms with van der Waals surface area (Å²) in [7, 11) is 0. The molecule has 1 heterocycles. The molecule has 5 N–H and O–H groups in total. The molecule has 1 fully saturated rings. The van der Waals surface area contributed by atoms with E-state index in [0.29, 0.717) is 18.8 Å². The molecule has 1 unspecified atom stereocenters. The number of ether oxygens (including phenoxy) is 1. The molecule has 0 spiro atoms. The lowest BCUT2D eigenvalue weighted by Crippen LogP contribution is -2.52. The Balaban J connectivity index is 2.42. The van der Waals surface area contributed by atoms with Crippen molar-refractivity contribution in [3.8, 4) is 0 Å². The molecule has 1 saturated heterocycles. The first-order valence-electron chi connectivity index (χ1n) is 5.78. The largest absolute Gasteiger partial charge is 0.478 e. The van der Waals surface area contributed by atoms with Crippen molar-refractivity contribution in [2.75, 3.05) is 30.4 Å². The van der Waals surface area contributed by atoms with E-state index in [1.807, 2.05) is 0 Å². The number of para-hydroxylation sites is 1. The number of carboxylic acid groups (broad SMARTS) is 1. The first-order valence-corrected chi connectivity index (χ1v) is 5.78. The van der Waals surface area contributed by atoms with Gasteiger partial charge in [-0.2, -0.15) is 0 Å². The lowest BCUT2D eigenvalue weighted by Gasteiger charge is -2.36. The summed E-state index contributed by atoms with van der Waals surface area (Å²) in [4.78, 5) is 24.2. The van der Waals surface area contributed by atoms with Gasteiger partial charge in [-0.3, -0.25) is 4.79 Å². The summed E-state index contributed by atoms with van der Waals surface area (Å²) in [5.41, 5.74) is 11.8. The maximum Gasteiger partial charge on any atom is 0.337 e. The number of morpholine rings is 1. The quantitative estimate of drug-likeness (QED) is 0.643. The van der Waals surface area contributed by atoms with Gasteiger partial charge in [0.1, 0.15) is 6.04 Å². The zero-order valence-electron chi connectivity index (χ0n) is 10.2. The molecule has 102 valence electrons. The summed E-state index contributed by atoms with van der Waals surface area (Å²) in [5.74, 6) is -1.64. The van der Waals surface area contributed by atoms with E-state index < -0.39 is 17.9 Å². The van der Waals surface area contributed by atoms with Crippen molar-refractivity contribution in [2.24, 2.45) is 5.73 Å². The molecule has 0 bridgehead atoms. The highest BCUT2D eigenvalue weighted by Gasteiger charge is 2.29. The molecule has 1 aromatic rings. The molecule has 7 nitrogen and oxygen atoms in total. The van der Waals surface area contributed by atoms with E-state index in [4.69, 9.17) is 21.3 Å². The Morgan fingerprint density at radius 1 is 1.42 bits per heavy atom. The molecular formula is C12H15N3O4. The third-order valence-corrected chi connectivity index (χ3v) is 3.08. The third-order valence-electron chi connectivity index (χ3n) is 3.08. The van der Waals surface area contributed by atoms with Gasteiger partial charge in [0.25, 0.3) is 0 Å². The molecule has 0 radical (unpaired) electrons. The number of carboxylic acids is 1. The summed E-state index contributed by atoms with van der Waals surface area (Å²) < 4.78 is 5.21. The van der Waals surface area contributed by atoms with Gasteiger partial charge >= 0.3 is 5.97 Å². The van der Waals surface area contributed by atoms with Gasteiger partial charge in [-0.15, -0.1) is 0 Å². The smallest absolute Gasteiger partial charge is 0.337 e. The number of rotatable bonds is 3. The number of amides is 1. The predicted molar refractivity (Wildman–Crippen MR) is 69.0 cm³/mol. The second-order valence-corrected chi connectivity index (χ2v) is 4.23. The molecule has 1 atom stereocenters. The van der Waals surface area contributed by atoms with Crippen LogP contribution in [0, 0.1) is 0 Å². The van der Waals surface area contributed by atoms with E-state index in [-0.39, 0.29) is 17.9 Å². The van der Waals surface area contributed by atoms with E-state index in [0.717, 1.165) is 0 Å². The van der Waals surface area contributed by atoms with E-state index in [2.05, 4.69) is 0 Å². The number of primary amides is 1. The molecule has 1 amide bonds. The van der Waals surface area contributed by atoms with Gasteiger partial charge in [0.05, 0.1) is 30.2 Å². The summed E-state index contributed by atoms with van der Waals surface area (Å²) in [5, 5.41) is 9.05. The first-order chi connectivity index (χ1) is 9.02. The molecule has 7 heteroatoms. The SMILES string of the molecule is NC(=O)C1COCCN1c1cccc(C(=O)O)c1N. The number of nitrogens with two attached hydrogens (primary N) is 2. The fourth-order valence-electron chi connectivity index (χ4n) is 2.12. The van der Waals surface area contributed by atoms with Crippen molar-refractivity contribution in [2.45, 2.75) is 6.04 Å². The maximum atomic E-state index is 11.4. The minimum atomic E-state index is -1.11. The summed E-state index contributed by atoms with van der Waals surface area (Å²) >= 11 is 0. The highest BCUT2D eigenvalue weighted by atomic mass is 16.5. The molecule has 19 heavy (non-hydrogen) atoms. The van der Waals surface area contributed by atoms with Crippen molar-refractivity contribution in [3.05, 3.63) is 23.8 Å². The van der Waals surface area contributed by atoms with Crippen molar-refractivity contribution >= 4 is 23.3 Å². The number of hydrogen-bond acceptors (Lipinski definition) is 5. The average molecular weight is 265 g/mol. The topological polar surface area (TPSA) is 119 Å². The van der Waals surface area contributed by atoms with Gasteiger partial charge in [0.2, 0.25) is 5.91 Å². The van der Waals surface area contributed by atoms with Gasteiger partial charge in [-0.1, -0.05) is 6.07 Å². The average Bonchev–Trinajstić information content (AvgIpc) is 2.38. The summed E-state index contributed by atoms with van der Waals surface area (Å²) in [6.45, 7) is 1.04. The van der Waals surface area contributed by atoms with Crippen LogP contribution in [0.1, 0.15) is 10.4 Å². The fourth-order valence-corrected chi connectivity index (χ4v) is 2.12. The molecule has 0 aromatic heterocycles. The van der Waals surface area contributed by atoms with E-state index in [1.165, 1.54) is 6.07 Å². The first kappa shape index (κ1) is 13.2. The van der Waals surface area contributed by atoms with Crippen molar-refractivity contribution in [3.63, 3.8) is 0 Å². The van der Waals surface area contributed by atoms with Crippen LogP contribution in [-0.4, -0.2) is 42.8 Å².